The van der Waals surface area contributed by atoms with Crippen molar-refractivity contribution in [1.29, 1.82) is 0 Å². The molecule has 1 fully saturated rings. The minimum absolute atomic E-state index is 0.158. The lowest BCUT2D eigenvalue weighted by Gasteiger charge is -2.28. The molecule has 4 heteroatoms. The molecule has 1 aliphatic heterocycles. The van der Waals surface area contributed by atoms with Gasteiger partial charge in [-0.15, -0.1) is 0 Å². The number of imidazole rings is 1. The Labute approximate surface area is 89.9 Å². The lowest BCUT2D eigenvalue weighted by Crippen LogP contribution is -2.35. The van der Waals surface area contributed by atoms with Crippen LogP contribution in [0.1, 0.15) is 26.1 Å². The molecule has 2 unspecified atom stereocenters. The highest BCUT2D eigenvalue weighted by Gasteiger charge is 2.39. The van der Waals surface area contributed by atoms with E-state index in [4.69, 9.17) is 4.74 Å². The number of aliphatic hydroxyl groups is 1. The predicted octanol–water partition coefficient (Wildman–Crippen LogP) is 1.15. The van der Waals surface area contributed by atoms with E-state index in [0.29, 0.717) is 6.61 Å². The number of aryl methyl sites for hydroxylation is 1. The van der Waals surface area contributed by atoms with Crippen LogP contribution in [0.3, 0.4) is 0 Å². The summed E-state index contributed by atoms with van der Waals surface area (Å²) in [6.07, 6.45) is 4.55. The van der Waals surface area contributed by atoms with Crippen LogP contribution in [0, 0.1) is 5.92 Å². The molecule has 2 atom stereocenters. The van der Waals surface area contributed by atoms with Crippen LogP contribution in [0.2, 0.25) is 0 Å². The average molecular weight is 210 g/mol. The van der Waals surface area contributed by atoms with Crippen LogP contribution in [0.15, 0.2) is 12.4 Å². The van der Waals surface area contributed by atoms with Gasteiger partial charge in [-0.05, 0) is 20.3 Å². The highest BCUT2D eigenvalue weighted by Crippen LogP contribution is 2.33. The molecule has 2 rings (SSSR count). The molecule has 0 saturated carbocycles. The van der Waals surface area contributed by atoms with Gasteiger partial charge < -0.3 is 14.4 Å². The molecule has 0 bridgehead atoms. The molecule has 1 aromatic heterocycles. The largest absolute Gasteiger partial charge is 0.382 e. The van der Waals surface area contributed by atoms with Crippen molar-refractivity contribution in [3.05, 3.63) is 18.2 Å². The van der Waals surface area contributed by atoms with E-state index in [1.165, 1.54) is 0 Å². The first-order chi connectivity index (χ1) is 7.16. The number of hydrogen-bond acceptors (Lipinski definition) is 3. The second kappa shape index (κ2) is 3.94. The molecule has 0 radical (unpaired) electrons. The van der Waals surface area contributed by atoms with Crippen LogP contribution in [0.5, 0.6) is 0 Å². The van der Waals surface area contributed by atoms with E-state index >= 15 is 0 Å². The van der Waals surface area contributed by atoms with Crippen LogP contribution in [-0.2, 0) is 16.9 Å². The maximum Gasteiger partial charge on any atom is 0.140 e. The Bertz CT molecular complexity index is 327. The van der Waals surface area contributed by atoms with E-state index in [1.807, 2.05) is 24.6 Å². The number of rotatable bonds is 3. The van der Waals surface area contributed by atoms with Crippen molar-refractivity contribution in [2.45, 2.75) is 32.4 Å². The third kappa shape index (κ3) is 1.79. The summed E-state index contributed by atoms with van der Waals surface area (Å²) in [5.74, 6) is 0.908. The Morgan fingerprint density at radius 3 is 3.13 bits per heavy atom. The topological polar surface area (TPSA) is 47.3 Å². The van der Waals surface area contributed by atoms with Crippen LogP contribution >= 0.6 is 0 Å². The summed E-state index contributed by atoms with van der Waals surface area (Å²) in [6.45, 7) is 6.09. The van der Waals surface area contributed by atoms with Crippen LogP contribution in [-0.4, -0.2) is 27.9 Å². The fraction of sp³-hybridized carbons (Fsp3) is 0.727. The highest BCUT2D eigenvalue weighted by atomic mass is 16.5. The Kier molecular flexibility index (Phi) is 2.80. The zero-order valence-electron chi connectivity index (χ0n) is 9.31. The molecule has 0 aliphatic carbocycles. The second-order valence-corrected chi connectivity index (χ2v) is 4.24. The maximum atomic E-state index is 10.5. The SMILES string of the molecule is CCn1ccnc1C(C)(O)C1CCOC1. The van der Waals surface area contributed by atoms with E-state index in [-0.39, 0.29) is 5.92 Å². The van der Waals surface area contributed by atoms with E-state index in [0.717, 1.165) is 25.4 Å². The van der Waals surface area contributed by atoms with Gasteiger partial charge in [0.25, 0.3) is 0 Å². The standard InChI is InChI=1S/C11H18N2O2/c1-3-13-6-5-12-10(13)11(2,14)9-4-7-15-8-9/h5-6,9,14H,3-4,7-8H2,1-2H3. The van der Waals surface area contributed by atoms with E-state index in [9.17, 15) is 5.11 Å². The summed E-state index contributed by atoms with van der Waals surface area (Å²) < 4.78 is 7.30. The van der Waals surface area contributed by atoms with Crippen LogP contribution in [0.25, 0.3) is 0 Å². The smallest absolute Gasteiger partial charge is 0.140 e. The molecule has 1 aromatic rings. The summed E-state index contributed by atoms with van der Waals surface area (Å²) in [4.78, 5) is 4.26. The second-order valence-electron chi connectivity index (χ2n) is 4.24. The lowest BCUT2D eigenvalue weighted by atomic mass is 9.87. The average Bonchev–Trinajstić information content (AvgIpc) is 2.89. The van der Waals surface area contributed by atoms with Crippen molar-refractivity contribution in [3.8, 4) is 0 Å². The van der Waals surface area contributed by atoms with Gasteiger partial charge in [0.05, 0.1) is 6.61 Å². The molecular formula is C11H18N2O2. The fourth-order valence-corrected chi connectivity index (χ4v) is 2.17. The first kappa shape index (κ1) is 10.6. The molecule has 0 aromatic carbocycles. The normalized spacial score (nSPS) is 25.4. The molecule has 1 N–H and O–H groups in total. The highest BCUT2D eigenvalue weighted by molar-refractivity contribution is 5.06. The summed E-state index contributed by atoms with van der Waals surface area (Å²) in [7, 11) is 0. The molecular weight excluding hydrogens is 192 g/mol. The van der Waals surface area contributed by atoms with E-state index in [1.54, 1.807) is 6.20 Å². The minimum atomic E-state index is -0.879. The molecule has 84 valence electrons. The summed E-state index contributed by atoms with van der Waals surface area (Å²) in [5.41, 5.74) is -0.879. The summed E-state index contributed by atoms with van der Waals surface area (Å²) in [6, 6.07) is 0. The third-order valence-electron chi connectivity index (χ3n) is 3.23. The maximum absolute atomic E-state index is 10.5. The Morgan fingerprint density at radius 1 is 1.73 bits per heavy atom. The zero-order valence-corrected chi connectivity index (χ0v) is 9.31. The monoisotopic (exact) mass is 210 g/mol. The van der Waals surface area contributed by atoms with Crippen molar-refractivity contribution < 1.29 is 9.84 Å². The van der Waals surface area contributed by atoms with Gasteiger partial charge in [-0.1, -0.05) is 0 Å². The fourth-order valence-electron chi connectivity index (χ4n) is 2.17. The summed E-state index contributed by atoms with van der Waals surface area (Å²) >= 11 is 0. The Morgan fingerprint density at radius 2 is 2.53 bits per heavy atom. The van der Waals surface area contributed by atoms with Crippen LogP contribution in [0.4, 0.5) is 0 Å². The summed E-state index contributed by atoms with van der Waals surface area (Å²) in [5, 5.41) is 10.5. The Balaban J connectivity index is 2.27. The van der Waals surface area contributed by atoms with Gasteiger partial charge in [-0.3, -0.25) is 0 Å². The lowest BCUT2D eigenvalue weighted by molar-refractivity contribution is -0.0202. The number of nitrogens with zero attached hydrogens (tertiary/aromatic N) is 2. The van der Waals surface area contributed by atoms with Crippen molar-refractivity contribution >= 4 is 0 Å². The molecule has 0 spiro atoms. The van der Waals surface area contributed by atoms with Gasteiger partial charge >= 0.3 is 0 Å². The van der Waals surface area contributed by atoms with Crippen molar-refractivity contribution in [1.82, 2.24) is 9.55 Å². The predicted molar refractivity (Wildman–Crippen MR) is 56.4 cm³/mol. The third-order valence-corrected chi connectivity index (χ3v) is 3.23. The van der Waals surface area contributed by atoms with Crippen molar-refractivity contribution in [2.75, 3.05) is 13.2 Å². The number of hydrogen-bond donors (Lipinski definition) is 1. The molecule has 15 heavy (non-hydrogen) atoms. The van der Waals surface area contributed by atoms with Gasteiger partial charge in [-0.2, -0.15) is 0 Å². The molecule has 1 aliphatic rings. The molecule has 4 nitrogen and oxygen atoms in total. The Hall–Kier alpha value is -0.870. The van der Waals surface area contributed by atoms with Crippen LogP contribution < -0.4 is 0 Å². The first-order valence-electron chi connectivity index (χ1n) is 5.48. The van der Waals surface area contributed by atoms with E-state index < -0.39 is 5.60 Å². The van der Waals surface area contributed by atoms with Gasteiger partial charge in [0.1, 0.15) is 11.4 Å². The molecule has 1 saturated heterocycles. The zero-order chi connectivity index (χ0) is 10.9. The first-order valence-corrected chi connectivity index (χ1v) is 5.48. The van der Waals surface area contributed by atoms with Crippen molar-refractivity contribution in [3.63, 3.8) is 0 Å². The number of ether oxygens (including phenoxy) is 1. The quantitative estimate of drug-likeness (QED) is 0.814. The molecule has 2 heterocycles. The van der Waals surface area contributed by atoms with E-state index in [2.05, 4.69) is 4.98 Å². The van der Waals surface area contributed by atoms with Gasteiger partial charge in [0, 0.05) is 31.5 Å². The minimum Gasteiger partial charge on any atom is -0.382 e. The number of aromatic nitrogens is 2. The molecule has 0 amide bonds. The van der Waals surface area contributed by atoms with Crippen molar-refractivity contribution in [2.24, 2.45) is 5.92 Å². The van der Waals surface area contributed by atoms with Gasteiger partial charge in [0.15, 0.2) is 0 Å². The van der Waals surface area contributed by atoms with Gasteiger partial charge in [-0.25, -0.2) is 4.98 Å². The van der Waals surface area contributed by atoms with Gasteiger partial charge in [0.2, 0.25) is 0 Å².